The summed E-state index contributed by atoms with van der Waals surface area (Å²) in [7, 11) is 0. The van der Waals surface area contributed by atoms with Crippen LogP contribution in [0.4, 0.5) is 0 Å². The lowest BCUT2D eigenvalue weighted by molar-refractivity contribution is 0.267. The molecule has 2 aliphatic carbocycles. The molecular weight excluding hydrogens is 180 g/mol. The smallest absolute Gasteiger partial charge is 0.0131 e. The van der Waals surface area contributed by atoms with E-state index in [1.54, 1.807) is 5.56 Å². The summed E-state index contributed by atoms with van der Waals surface area (Å²) in [6, 6.07) is 11.8. The van der Waals surface area contributed by atoms with Crippen molar-refractivity contribution < 1.29 is 0 Å². The fourth-order valence-electron chi connectivity index (χ4n) is 2.83. The Balaban J connectivity index is 1.72. The number of hydrogen-bond donors (Lipinski definition) is 0. The Morgan fingerprint density at radius 2 is 1.87 bits per heavy atom. The molecule has 0 saturated heterocycles. The highest BCUT2D eigenvalue weighted by molar-refractivity contribution is 5.21. The molecule has 0 amide bonds. The lowest BCUT2D eigenvalue weighted by atomic mass is 9.76. The Morgan fingerprint density at radius 1 is 1.13 bits per heavy atom. The average molecular weight is 199 g/mol. The quantitative estimate of drug-likeness (QED) is 0.682. The summed E-state index contributed by atoms with van der Waals surface area (Å²) >= 11 is 0. The molecule has 1 unspecified atom stereocenters. The Labute approximate surface area is 92.7 Å². The van der Waals surface area contributed by atoms with Gasteiger partial charge in [0.25, 0.3) is 0 Å². The van der Waals surface area contributed by atoms with Gasteiger partial charge in [0, 0.05) is 0 Å². The second-order valence-electron chi connectivity index (χ2n) is 5.31. The van der Waals surface area contributed by atoms with Crippen LogP contribution in [0.15, 0.2) is 24.3 Å². The molecular formula is C15H19. The first-order chi connectivity index (χ1) is 7.43. The van der Waals surface area contributed by atoms with Gasteiger partial charge in [-0.25, -0.2) is 0 Å². The predicted molar refractivity (Wildman–Crippen MR) is 62.7 cm³/mol. The van der Waals surface area contributed by atoms with E-state index in [-0.39, 0.29) is 0 Å². The molecule has 0 heteroatoms. The third kappa shape index (κ3) is 2.09. The maximum absolute atomic E-state index is 3.13. The van der Waals surface area contributed by atoms with E-state index < -0.39 is 0 Å². The van der Waals surface area contributed by atoms with Crippen LogP contribution in [0.3, 0.4) is 0 Å². The van der Waals surface area contributed by atoms with E-state index in [1.807, 2.05) is 0 Å². The van der Waals surface area contributed by atoms with Crippen molar-refractivity contribution in [1.29, 1.82) is 0 Å². The zero-order valence-corrected chi connectivity index (χ0v) is 9.28. The summed E-state index contributed by atoms with van der Waals surface area (Å²) in [5.74, 6) is 2.91. The van der Waals surface area contributed by atoms with Crippen LogP contribution < -0.4 is 0 Å². The molecule has 0 bridgehead atoms. The van der Waals surface area contributed by atoms with E-state index >= 15 is 0 Å². The van der Waals surface area contributed by atoms with Crippen LogP contribution in [0.1, 0.15) is 50.0 Å². The van der Waals surface area contributed by atoms with E-state index in [0.29, 0.717) is 0 Å². The minimum atomic E-state index is 0.866. The van der Waals surface area contributed by atoms with Crippen LogP contribution in [-0.2, 0) is 0 Å². The van der Waals surface area contributed by atoms with Crippen molar-refractivity contribution >= 4 is 0 Å². The van der Waals surface area contributed by atoms with E-state index in [4.69, 9.17) is 0 Å². The second-order valence-corrected chi connectivity index (χ2v) is 5.31. The zero-order valence-electron chi connectivity index (χ0n) is 9.28. The molecule has 79 valence electrons. The molecule has 1 atom stereocenters. The molecule has 0 aliphatic heterocycles. The van der Waals surface area contributed by atoms with Gasteiger partial charge in [0.2, 0.25) is 0 Å². The van der Waals surface area contributed by atoms with Gasteiger partial charge in [-0.3, -0.25) is 0 Å². The van der Waals surface area contributed by atoms with Crippen molar-refractivity contribution in [3.63, 3.8) is 0 Å². The Kier molecular flexibility index (Phi) is 2.52. The molecule has 2 fully saturated rings. The molecule has 0 spiro atoms. The Bertz CT molecular complexity index is 306. The fraction of sp³-hybridized carbons (Fsp3) is 0.600. The highest BCUT2D eigenvalue weighted by atomic mass is 14.4. The maximum atomic E-state index is 3.13. The van der Waals surface area contributed by atoms with Gasteiger partial charge < -0.3 is 0 Å². The van der Waals surface area contributed by atoms with Crippen molar-refractivity contribution in [2.24, 2.45) is 11.8 Å². The summed E-state index contributed by atoms with van der Waals surface area (Å²) < 4.78 is 0. The van der Waals surface area contributed by atoms with Gasteiger partial charge in [-0.2, -0.15) is 0 Å². The van der Waals surface area contributed by atoms with Crippen molar-refractivity contribution in [3.8, 4) is 0 Å². The lowest BCUT2D eigenvalue weighted by Crippen LogP contribution is -2.16. The monoisotopic (exact) mass is 199 g/mol. The largest absolute Gasteiger partial charge is 0.0581 e. The van der Waals surface area contributed by atoms with Crippen LogP contribution in [-0.4, -0.2) is 0 Å². The van der Waals surface area contributed by atoms with Gasteiger partial charge >= 0.3 is 0 Å². The second kappa shape index (κ2) is 4.00. The van der Waals surface area contributed by atoms with E-state index in [2.05, 4.69) is 30.3 Å². The molecule has 2 aliphatic rings. The SMILES string of the molecule is [c]1ccc(C(CC2CCC2)C2CC2)cc1. The molecule has 0 N–H and O–H groups in total. The maximum Gasteiger partial charge on any atom is -0.0131 e. The average Bonchev–Trinajstić information content (AvgIpc) is 3.01. The molecule has 2 saturated carbocycles. The Morgan fingerprint density at radius 3 is 2.40 bits per heavy atom. The molecule has 0 nitrogen and oxygen atoms in total. The predicted octanol–water partition coefficient (Wildman–Crippen LogP) is 4.17. The summed E-state index contributed by atoms with van der Waals surface area (Å²) in [5.41, 5.74) is 1.57. The number of hydrogen-bond acceptors (Lipinski definition) is 0. The standard InChI is InChI=1S/C15H19/c1-2-7-13(8-3-1)15(14-9-10-14)11-12-5-4-6-12/h2-3,7-8,12,14-15H,4-6,9-11H2. The highest BCUT2D eigenvalue weighted by Crippen LogP contribution is 2.48. The summed E-state index contributed by atoms with van der Waals surface area (Å²) in [6.45, 7) is 0. The third-order valence-corrected chi connectivity index (χ3v) is 4.18. The molecule has 0 heterocycles. The summed E-state index contributed by atoms with van der Waals surface area (Å²) in [6.07, 6.45) is 8.84. The number of rotatable bonds is 4. The van der Waals surface area contributed by atoms with Crippen molar-refractivity contribution in [2.45, 2.75) is 44.4 Å². The fourth-order valence-corrected chi connectivity index (χ4v) is 2.83. The lowest BCUT2D eigenvalue weighted by Gasteiger charge is -2.30. The van der Waals surface area contributed by atoms with E-state index in [1.165, 1.54) is 38.5 Å². The first kappa shape index (κ1) is 9.45. The minimum absolute atomic E-state index is 0.866. The third-order valence-electron chi connectivity index (χ3n) is 4.18. The molecule has 15 heavy (non-hydrogen) atoms. The van der Waals surface area contributed by atoms with E-state index in [0.717, 1.165) is 17.8 Å². The van der Waals surface area contributed by atoms with Crippen LogP contribution in [0.25, 0.3) is 0 Å². The number of benzene rings is 1. The first-order valence-electron chi connectivity index (χ1n) is 6.39. The van der Waals surface area contributed by atoms with Gasteiger partial charge in [0.05, 0.1) is 0 Å². The minimum Gasteiger partial charge on any atom is -0.0581 e. The van der Waals surface area contributed by atoms with Crippen LogP contribution >= 0.6 is 0 Å². The molecule has 3 rings (SSSR count). The Hall–Kier alpha value is -0.780. The molecule has 0 aromatic heterocycles. The van der Waals surface area contributed by atoms with Gasteiger partial charge in [0.1, 0.15) is 0 Å². The molecule has 1 aromatic carbocycles. The molecule has 1 radical (unpaired) electrons. The van der Waals surface area contributed by atoms with Gasteiger partial charge in [-0.05, 0) is 48.6 Å². The normalized spacial score (nSPS) is 23.5. The summed E-state index contributed by atoms with van der Waals surface area (Å²) in [5, 5.41) is 0. The summed E-state index contributed by atoms with van der Waals surface area (Å²) in [4.78, 5) is 0. The van der Waals surface area contributed by atoms with Crippen molar-refractivity contribution in [1.82, 2.24) is 0 Å². The van der Waals surface area contributed by atoms with E-state index in [9.17, 15) is 0 Å². The van der Waals surface area contributed by atoms with Gasteiger partial charge in [-0.15, -0.1) is 0 Å². The van der Waals surface area contributed by atoms with Crippen LogP contribution in [0.5, 0.6) is 0 Å². The topological polar surface area (TPSA) is 0 Å². The molecule has 1 aromatic rings. The van der Waals surface area contributed by atoms with Gasteiger partial charge in [0.15, 0.2) is 0 Å². The highest BCUT2D eigenvalue weighted by Gasteiger charge is 2.34. The van der Waals surface area contributed by atoms with Crippen molar-refractivity contribution in [3.05, 3.63) is 35.9 Å². The first-order valence-corrected chi connectivity index (χ1v) is 6.39. The van der Waals surface area contributed by atoms with Crippen molar-refractivity contribution in [2.75, 3.05) is 0 Å². The van der Waals surface area contributed by atoms with Gasteiger partial charge in [-0.1, -0.05) is 43.5 Å². The van der Waals surface area contributed by atoms with Crippen LogP contribution in [0, 0.1) is 17.9 Å². The van der Waals surface area contributed by atoms with Crippen LogP contribution in [0.2, 0.25) is 0 Å². The zero-order chi connectivity index (χ0) is 10.1.